The minimum atomic E-state index is -0.665. The monoisotopic (exact) mass is 318 g/mol. The molecule has 1 fully saturated rings. The summed E-state index contributed by atoms with van der Waals surface area (Å²) in [5.41, 5.74) is -0.163. The Morgan fingerprint density at radius 2 is 1.87 bits per heavy atom. The fraction of sp³-hybridized carbons (Fsp3) is 0.429. The number of hydrogen-bond acceptors (Lipinski definition) is 6. The van der Waals surface area contributed by atoms with Gasteiger partial charge in [0.25, 0.3) is 5.91 Å². The van der Waals surface area contributed by atoms with Gasteiger partial charge in [0, 0.05) is 38.6 Å². The molecule has 0 N–H and O–H groups in total. The largest absolute Gasteiger partial charge is 0.474 e. The molecule has 2 aliphatic heterocycles. The van der Waals surface area contributed by atoms with Crippen LogP contribution >= 0.6 is 0 Å². The van der Waals surface area contributed by atoms with Crippen molar-refractivity contribution in [3.05, 3.63) is 30.0 Å². The Kier molecular flexibility index (Phi) is 3.32. The number of amides is 1. The second kappa shape index (κ2) is 5.49. The molecule has 2 aliphatic rings. The lowest BCUT2D eigenvalue weighted by Crippen LogP contribution is -2.49. The van der Waals surface area contributed by atoms with Crippen LogP contribution in [0.5, 0.6) is 5.88 Å². The molecule has 4 rings (SSSR count). The van der Waals surface area contributed by atoms with Crippen molar-refractivity contribution in [2.75, 3.05) is 37.7 Å². The molecular formula is C14H15FN6O2. The van der Waals surface area contributed by atoms with Gasteiger partial charge in [0.2, 0.25) is 17.6 Å². The van der Waals surface area contributed by atoms with Gasteiger partial charge in [-0.05, 0) is 6.07 Å². The third-order valence-electron chi connectivity index (χ3n) is 4.00. The SMILES string of the molecule is O=C(c1nn2c(c1F)OCC2)N1CCN(c2ncccn2)CC1. The van der Waals surface area contributed by atoms with Gasteiger partial charge in [0.05, 0.1) is 6.54 Å². The fourth-order valence-electron chi connectivity index (χ4n) is 2.79. The van der Waals surface area contributed by atoms with E-state index in [0.717, 1.165) is 0 Å². The van der Waals surface area contributed by atoms with Crippen molar-refractivity contribution in [1.82, 2.24) is 24.6 Å². The molecule has 0 aromatic carbocycles. The molecule has 9 heteroatoms. The number of carbonyl (C=O) groups is 1. The third kappa shape index (κ3) is 2.37. The summed E-state index contributed by atoms with van der Waals surface area (Å²) in [6, 6.07) is 1.76. The zero-order valence-electron chi connectivity index (χ0n) is 12.4. The van der Waals surface area contributed by atoms with Crippen molar-refractivity contribution in [2.24, 2.45) is 0 Å². The second-order valence-corrected chi connectivity index (χ2v) is 5.37. The number of nitrogens with zero attached hydrogens (tertiary/aromatic N) is 6. The highest BCUT2D eigenvalue weighted by atomic mass is 19.1. The number of fused-ring (bicyclic) bond motifs is 1. The van der Waals surface area contributed by atoms with Crippen molar-refractivity contribution in [3.63, 3.8) is 0 Å². The molecule has 0 bridgehead atoms. The normalized spacial score (nSPS) is 17.1. The molecule has 1 amide bonds. The summed E-state index contributed by atoms with van der Waals surface area (Å²) < 4.78 is 20.7. The maximum atomic E-state index is 14.2. The van der Waals surface area contributed by atoms with E-state index in [1.807, 2.05) is 4.90 Å². The van der Waals surface area contributed by atoms with Crippen LogP contribution in [0.1, 0.15) is 10.5 Å². The molecule has 8 nitrogen and oxygen atoms in total. The van der Waals surface area contributed by atoms with Crippen LogP contribution in [0.15, 0.2) is 18.5 Å². The molecule has 23 heavy (non-hydrogen) atoms. The molecular weight excluding hydrogens is 303 g/mol. The van der Waals surface area contributed by atoms with E-state index in [2.05, 4.69) is 15.1 Å². The summed E-state index contributed by atoms with van der Waals surface area (Å²) in [5, 5.41) is 4.03. The van der Waals surface area contributed by atoms with Gasteiger partial charge in [-0.3, -0.25) is 4.79 Å². The Labute approximate surface area is 131 Å². The van der Waals surface area contributed by atoms with Crippen molar-refractivity contribution in [3.8, 4) is 5.88 Å². The van der Waals surface area contributed by atoms with E-state index < -0.39 is 11.7 Å². The summed E-state index contributed by atoms with van der Waals surface area (Å²) in [5.74, 6) is -0.368. The van der Waals surface area contributed by atoms with E-state index in [0.29, 0.717) is 45.3 Å². The fourth-order valence-corrected chi connectivity index (χ4v) is 2.79. The van der Waals surface area contributed by atoms with Crippen LogP contribution in [0.3, 0.4) is 0 Å². The maximum absolute atomic E-state index is 14.2. The minimum absolute atomic E-state index is 0.0599. The predicted octanol–water partition coefficient (Wildman–Crippen LogP) is 0.167. The van der Waals surface area contributed by atoms with E-state index in [1.165, 1.54) is 4.68 Å². The highest BCUT2D eigenvalue weighted by molar-refractivity contribution is 5.93. The summed E-state index contributed by atoms with van der Waals surface area (Å²) in [4.78, 5) is 24.5. The van der Waals surface area contributed by atoms with Crippen molar-refractivity contribution >= 4 is 11.9 Å². The predicted molar refractivity (Wildman–Crippen MR) is 77.8 cm³/mol. The van der Waals surface area contributed by atoms with Gasteiger partial charge in [-0.1, -0.05) is 0 Å². The van der Waals surface area contributed by atoms with E-state index in [4.69, 9.17) is 4.74 Å². The number of halogens is 1. The first-order valence-electron chi connectivity index (χ1n) is 7.44. The van der Waals surface area contributed by atoms with E-state index in [-0.39, 0.29) is 11.6 Å². The van der Waals surface area contributed by atoms with Crippen LogP contribution in [0.25, 0.3) is 0 Å². The first kappa shape index (κ1) is 13.9. The number of ether oxygens (including phenoxy) is 1. The standard InChI is InChI=1S/C14H15FN6O2/c15-10-11(18-21-8-9-23-13(10)21)12(22)19-4-6-20(7-5-19)14-16-2-1-3-17-14/h1-3H,4-9H2. The molecule has 0 atom stereocenters. The van der Waals surface area contributed by atoms with Gasteiger partial charge in [-0.2, -0.15) is 9.49 Å². The summed E-state index contributed by atoms with van der Waals surface area (Å²) in [6.07, 6.45) is 3.36. The zero-order valence-corrected chi connectivity index (χ0v) is 12.4. The lowest BCUT2D eigenvalue weighted by atomic mass is 10.2. The zero-order chi connectivity index (χ0) is 15.8. The smallest absolute Gasteiger partial charge is 0.277 e. The lowest BCUT2D eigenvalue weighted by molar-refractivity contribution is 0.0734. The number of anilines is 1. The van der Waals surface area contributed by atoms with E-state index in [1.54, 1.807) is 23.4 Å². The minimum Gasteiger partial charge on any atom is -0.474 e. The molecule has 0 radical (unpaired) electrons. The van der Waals surface area contributed by atoms with Crippen molar-refractivity contribution in [1.29, 1.82) is 0 Å². The summed E-state index contributed by atoms with van der Waals surface area (Å²) in [6.45, 7) is 3.00. The molecule has 1 saturated heterocycles. The van der Waals surface area contributed by atoms with Crippen LogP contribution in [-0.4, -0.2) is 63.3 Å². The van der Waals surface area contributed by atoms with Crippen molar-refractivity contribution in [2.45, 2.75) is 6.54 Å². The van der Waals surface area contributed by atoms with Crippen LogP contribution in [0.2, 0.25) is 0 Å². The van der Waals surface area contributed by atoms with Crippen LogP contribution in [-0.2, 0) is 6.54 Å². The van der Waals surface area contributed by atoms with Gasteiger partial charge >= 0.3 is 0 Å². The highest BCUT2D eigenvalue weighted by Gasteiger charge is 2.32. The molecule has 4 heterocycles. The quantitative estimate of drug-likeness (QED) is 0.785. The van der Waals surface area contributed by atoms with Crippen LogP contribution in [0.4, 0.5) is 10.3 Å². The van der Waals surface area contributed by atoms with Crippen LogP contribution in [0, 0.1) is 5.82 Å². The molecule has 0 aliphatic carbocycles. The van der Waals surface area contributed by atoms with Crippen molar-refractivity contribution < 1.29 is 13.9 Å². The molecule has 2 aromatic rings. The first-order chi connectivity index (χ1) is 11.2. The van der Waals surface area contributed by atoms with Gasteiger partial charge in [0.15, 0.2) is 5.69 Å². The number of rotatable bonds is 2. The Morgan fingerprint density at radius 3 is 2.57 bits per heavy atom. The first-order valence-corrected chi connectivity index (χ1v) is 7.44. The van der Waals surface area contributed by atoms with E-state index in [9.17, 15) is 9.18 Å². The Morgan fingerprint density at radius 1 is 1.13 bits per heavy atom. The Hall–Kier alpha value is -2.71. The van der Waals surface area contributed by atoms with Gasteiger partial charge in [-0.25, -0.2) is 14.6 Å². The van der Waals surface area contributed by atoms with Gasteiger partial charge in [0.1, 0.15) is 6.61 Å². The second-order valence-electron chi connectivity index (χ2n) is 5.37. The highest BCUT2D eigenvalue weighted by Crippen LogP contribution is 2.25. The van der Waals surface area contributed by atoms with Gasteiger partial charge in [-0.15, -0.1) is 0 Å². The third-order valence-corrected chi connectivity index (χ3v) is 4.00. The molecule has 2 aromatic heterocycles. The Balaban J connectivity index is 1.45. The Bertz CT molecular complexity index is 726. The molecule has 0 unspecified atom stereocenters. The summed E-state index contributed by atoms with van der Waals surface area (Å²) in [7, 11) is 0. The lowest BCUT2D eigenvalue weighted by Gasteiger charge is -2.34. The van der Waals surface area contributed by atoms with Gasteiger partial charge < -0.3 is 14.5 Å². The number of carbonyl (C=O) groups excluding carboxylic acids is 1. The molecule has 120 valence electrons. The topological polar surface area (TPSA) is 76.4 Å². The van der Waals surface area contributed by atoms with Crippen LogP contribution < -0.4 is 9.64 Å². The van der Waals surface area contributed by atoms with E-state index >= 15 is 0 Å². The molecule has 0 saturated carbocycles. The maximum Gasteiger partial charge on any atom is 0.277 e. The summed E-state index contributed by atoms with van der Waals surface area (Å²) >= 11 is 0. The number of hydrogen-bond donors (Lipinski definition) is 0. The average Bonchev–Trinajstić information content (AvgIpc) is 3.18. The molecule has 0 spiro atoms. The average molecular weight is 318 g/mol. The number of aromatic nitrogens is 4. The number of piperazine rings is 1.